The summed E-state index contributed by atoms with van der Waals surface area (Å²) in [4.78, 5) is 11.9. The topological polar surface area (TPSA) is 81.9 Å². The minimum Gasteiger partial charge on any atom is -0.376 e. The Bertz CT molecular complexity index is 561. The van der Waals surface area contributed by atoms with Crippen molar-refractivity contribution in [3.05, 3.63) is 36.3 Å². The molecule has 1 fully saturated rings. The van der Waals surface area contributed by atoms with Crippen LogP contribution in [0.2, 0.25) is 0 Å². The lowest BCUT2D eigenvalue weighted by Crippen LogP contribution is -2.32. The number of amides is 1. The predicted octanol–water partition coefficient (Wildman–Crippen LogP) is 0.571. The van der Waals surface area contributed by atoms with Crippen molar-refractivity contribution in [2.24, 2.45) is 0 Å². The number of carbonyl (C=O) groups excluding carboxylic acids is 1. The molecule has 7 nitrogen and oxygen atoms in total. The van der Waals surface area contributed by atoms with E-state index in [9.17, 15) is 4.79 Å². The number of nitrogens with one attached hydrogen (secondary N) is 1. The normalized spacial score (nSPS) is 18.1. The van der Waals surface area contributed by atoms with Crippen molar-refractivity contribution in [2.45, 2.75) is 18.9 Å². The predicted molar refractivity (Wildman–Crippen MR) is 70.5 cm³/mol. The third-order valence-electron chi connectivity index (χ3n) is 3.14. The summed E-state index contributed by atoms with van der Waals surface area (Å²) in [5, 5.41) is 14.7. The van der Waals surface area contributed by atoms with Crippen LogP contribution in [0.5, 0.6) is 0 Å². The maximum absolute atomic E-state index is 11.9. The largest absolute Gasteiger partial charge is 0.376 e. The zero-order chi connectivity index (χ0) is 13.8. The van der Waals surface area contributed by atoms with E-state index in [2.05, 4.69) is 20.6 Å². The number of nitrogens with zero attached hydrogens (tertiary/aromatic N) is 4. The second-order valence-corrected chi connectivity index (χ2v) is 4.57. The van der Waals surface area contributed by atoms with Crippen LogP contribution < -0.4 is 5.32 Å². The molecule has 3 rings (SSSR count). The van der Waals surface area contributed by atoms with Gasteiger partial charge in [0, 0.05) is 25.5 Å². The van der Waals surface area contributed by atoms with Gasteiger partial charge in [-0.25, -0.2) is 4.68 Å². The average molecular weight is 273 g/mol. The molecular formula is C13H15N5O2. The van der Waals surface area contributed by atoms with E-state index in [-0.39, 0.29) is 12.0 Å². The molecule has 2 aromatic heterocycles. The highest BCUT2D eigenvalue weighted by Gasteiger charge is 2.17. The first kappa shape index (κ1) is 12.7. The van der Waals surface area contributed by atoms with Crippen molar-refractivity contribution < 1.29 is 9.53 Å². The average Bonchev–Trinajstić information content (AvgIpc) is 3.18. The lowest BCUT2D eigenvalue weighted by atomic mass is 10.2. The van der Waals surface area contributed by atoms with E-state index in [1.807, 2.05) is 0 Å². The molecule has 0 saturated carbocycles. The molecule has 0 aromatic carbocycles. The molecule has 0 spiro atoms. The number of aromatic nitrogens is 4. The number of carbonyl (C=O) groups is 1. The lowest BCUT2D eigenvalue weighted by molar-refractivity contribution is 0.0853. The lowest BCUT2D eigenvalue weighted by Gasteiger charge is -2.10. The molecular weight excluding hydrogens is 258 g/mol. The van der Waals surface area contributed by atoms with Crippen LogP contribution >= 0.6 is 0 Å². The molecule has 1 amide bonds. The SMILES string of the molecule is O=C(NC[C@H]1CCCO1)c1ccc(-n2cccn2)nn1. The Labute approximate surface area is 116 Å². The quantitative estimate of drug-likeness (QED) is 0.880. The Morgan fingerprint density at radius 1 is 1.45 bits per heavy atom. The van der Waals surface area contributed by atoms with Crippen molar-refractivity contribution in [1.29, 1.82) is 0 Å². The van der Waals surface area contributed by atoms with Crippen molar-refractivity contribution in [3.63, 3.8) is 0 Å². The third kappa shape index (κ3) is 2.83. The summed E-state index contributed by atoms with van der Waals surface area (Å²) in [7, 11) is 0. The van der Waals surface area contributed by atoms with E-state index in [0.29, 0.717) is 18.1 Å². The van der Waals surface area contributed by atoms with Crippen LogP contribution in [-0.4, -0.2) is 45.1 Å². The Morgan fingerprint density at radius 3 is 3.05 bits per heavy atom. The van der Waals surface area contributed by atoms with E-state index < -0.39 is 0 Å². The van der Waals surface area contributed by atoms with Gasteiger partial charge in [0.05, 0.1) is 6.10 Å². The van der Waals surface area contributed by atoms with Crippen molar-refractivity contribution in [3.8, 4) is 5.82 Å². The molecule has 0 unspecified atom stereocenters. The maximum Gasteiger partial charge on any atom is 0.271 e. The fourth-order valence-corrected chi connectivity index (χ4v) is 2.08. The first-order chi connectivity index (χ1) is 9.83. The Balaban J connectivity index is 1.60. The van der Waals surface area contributed by atoms with E-state index in [1.54, 1.807) is 35.3 Å². The monoisotopic (exact) mass is 273 g/mol. The number of hydrogen-bond donors (Lipinski definition) is 1. The minimum absolute atomic E-state index is 0.121. The van der Waals surface area contributed by atoms with Crippen LogP contribution in [0.25, 0.3) is 5.82 Å². The molecule has 1 saturated heterocycles. The summed E-state index contributed by atoms with van der Waals surface area (Å²) < 4.78 is 7.03. The highest BCUT2D eigenvalue weighted by atomic mass is 16.5. The Hall–Kier alpha value is -2.28. The van der Waals surface area contributed by atoms with Gasteiger partial charge in [-0.2, -0.15) is 5.10 Å². The van der Waals surface area contributed by atoms with Gasteiger partial charge in [0.25, 0.3) is 5.91 Å². The molecule has 0 bridgehead atoms. The van der Waals surface area contributed by atoms with Gasteiger partial charge in [0.2, 0.25) is 0 Å². The molecule has 20 heavy (non-hydrogen) atoms. The van der Waals surface area contributed by atoms with Crippen LogP contribution in [0, 0.1) is 0 Å². The molecule has 1 aliphatic heterocycles. The molecule has 1 N–H and O–H groups in total. The summed E-state index contributed by atoms with van der Waals surface area (Å²) in [6.45, 7) is 1.29. The smallest absolute Gasteiger partial charge is 0.271 e. The van der Waals surface area contributed by atoms with E-state index in [0.717, 1.165) is 19.4 Å². The third-order valence-corrected chi connectivity index (χ3v) is 3.14. The van der Waals surface area contributed by atoms with Crippen LogP contribution in [0.1, 0.15) is 23.3 Å². The van der Waals surface area contributed by atoms with Crippen molar-refractivity contribution in [1.82, 2.24) is 25.3 Å². The molecule has 1 aliphatic rings. The van der Waals surface area contributed by atoms with Gasteiger partial charge >= 0.3 is 0 Å². The number of hydrogen-bond acceptors (Lipinski definition) is 5. The van der Waals surface area contributed by atoms with Gasteiger partial charge in [-0.05, 0) is 31.0 Å². The number of rotatable bonds is 4. The standard InChI is InChI=1S/C13H15N5O2/c19-13(14-9-10-3-1-8-20-10)11-4-5-12(17-16-11)18-7-2-6-15-18/h2,4-7,10H,1,3,8-9H2,(H,14,19)/t10-/m1/s1. The van der Waals surface area contributed by atoms with E-state index in [1.165, 1.54) is 0 Å². The van der Waals surface area contributed by atoms with E-state index in [4.69, 9.17) is 4.74 Å². The van der Waals surface area contributed by atoms with Gasteiger partial charge in [-0.15, -0.1) is 10.2 Å². The van der Waals surface area contributed by atoms with Gasteiger partial charge in [0.1, 0.15) is 0 Å². The number of ether oxygens (including phenoxy) is 1. The van der Waals surface area contributed by atoms with Gasteiger partial charge in [-0.3, -0.25) is 4.79 Å². The first-order valence-electron chi connectivity index (χ1n) is 6.56. The van der Waals surface area contributed by atoms with Crippen molar-refractivity contribution in [2.75, 3.05) is 13.2 Å². The fraction of sp³-hybridized carbons (Fsp3) is 0.385. The Kier molecular flexibility index (Phi) is 3.69. The second kappa shape index (κ2) is 5.79. The van der Waals surface area contributed by atoms with Crippen LogP contribution in [0.15, 0.2) is 30.6 Å². The molecule has 104 valence electrons. The van der Waals surface area contributed by atoms with Crippen molar-refractivity contribution >= 4 is 5.91 Å². The van der Waals surface area contributed by atoms with Gasteiger partial charge in [-0.1, -0.05) is 0 Å². The highest BCUT2D eigenvalue weighted by molar-refractivity contribution is 5.92. The first-order valence-corrected chi connectivity index (χ1v) is 6.56. The highest BCUT2D eigenvalue weighted by Crippen LogP contribution is 2.10. The summed E-state index contributed by atoms with van der Waals surface area (Å²) >= 11 is 0. The summed E-state index contributed by atoms with van der Waals surface area (Å²) in [5.74, 6) is 0.339. The summed E-state index contributed by atoms with van der Waals surface area (Å²) in [6, 6.07) is 5.14. The van der Waals surface area contributed by atoms with Gasteiger partial charge in [0.15, 0.2) is 11.5 Å². The minimum atomic E-state index is -0.236. The zero-order valence-electron chi connectivity index (χ0n) is 10.9. The molecule has 0 radical (unpaired) electrons. The summed E-state index contributed by atoms with van der Waals surface area (Å²) in [6.07, 6.45) is 5.59. The van der Waals surface area contributed by atoms with E-state index >= 15 is 0 Å². The molecule has 0 aliphatic carbocycles. The second-order valence-electron chi connectivity index (χ2n) is 4.57. The van der Waals surface area contributed by atoms with Crippen LogP contribution in [0.3, 0.4) is 0 Å². The molecule has 1 atom stereocenters. The Morgan fingerprint density at radius 2 is 2.40 bits per heavy atom. The maximum atomic E-state index is 11.9. The van der Waals surface area contributed by atoms with Crippen LogP contribution in [-0.2, 0) is 4.74 Å². The molecule has 2 aromatic rings. The van der Waals surface area contributed by atoms with Gasteiger partial charge < -0.3 is 10.1 Å². The summed E-state index contributed by atoms with van der Waals surface area (Å²) in [5.41, 5.74) is 0.291. The van der Waals surface area contributed by atoms with Crippen LogP contribution in [0.4, 0.5) is 0 Å². The molecule has 7 heteroatoms. The molecule has 3 heterocycles. The fourth-order valence-electron chi connectivity index (χ4n) is 2.08. The zero-order valence-corrected chi connectivity index (χ0v) is 10.9.